The Morgan fingerprint density at radius 3 is 2.81 bits per heavy atom. The number of aliphatic imine (C=N–C) groups is 1. The second-order valence-corrected chi connectivity index (χ2v) is 8.47. The molecule has 0 saturated heterocycles. The number of hydrogen-bond acceptors (Lipinski definition) is 6. The average Bonchev–Trinajstić information content (AvgIpc) is 3.24. The second-order valence-electron chi connectivity index (χ2n) is 7.51. The number of fused-ring (bicyclic) bond motifs is 3. The summed E-state index contributed by atoms with van der Waals surface area (Å²) in [6, 6.07) is 16.7. The second kappa shape index (κ2) is 9.16. The van der Waals surface area contributed by atoms with Gasteiger partial charge in [-0.3, -0.25) is 4.99 Å². The van der Waals surface area contributed by atoms with E-state index in [4.69, 9.17) is 24.2 Å². The highest BCUT2D eigenvalue weighted by atomic mass is 32.2. The van der Waals surface area contributed by atoms with Crippen LogP contribution in [0, 0.1) is 0 Å². The SMILES string of the molecule is CCOCCCN=C1Sc2nc3cc4c(cc3cc2CN1Cc1ccccc1)OCO4. The molecule has 6 nitrogen and oxygen atoms in total. The molecular weight excluding hydrogens is 410 g/mol. The number of nitrogens with zero attached hydrogens (tertiary/aromatic N) is 3. The van der Waals surface area contributed by atoms with E-state index >= 15 is 0 Å². The molecule has 0 N–H and O–H groups in total. The molecule has 0 atom stereocenters. The van der Waals surface area contributed by atoms with Crippen LogP contribution < -0.4 is 9.47 Å². The van der Waals surface area contributed by atoms with Crippen molar-refractivity contribution < 1.29 is 14.2 Å². The smallest absolute Gasteiger partial charge is 0.231 e. The van der Waals surface area contributed by atoms with Crippen molar-refractivity contribution in [1.29, 1.82) is 0 Å². The summed E-state index contributed by atoms with van der Waals surface area (Å²) in [5.41, 5.74) is 3.40. The molecule has 0 unspecified atom stereocenters. The topological polar surface area (TPSA) is 56.2 Å². The first kappa shape index (κ1) is 20.2. The quantitative estimate of drug-likeness (QED) is 0.494. The lowest BCUT2D eigenvalue weighted by atomic mass is 10.1. The van der Waals surface area contributed by atoms with Crippen molar-refractivity contribution in [3.8, 4) is 11.5 Å². The molecule has 0 bridgehead atoms. The van der Waals surface area contributed by atoms with Crippen LogP contribution in [0.5, 0.6) is 11.5 Å². The van der Waals surface area contributed by atoms with E-state index in [9.17, 15) is 0 Å². The fraction of sp³-hybridized carbons (Fsp3) is 0.333. The highest BCUT2D eigenvalue weighted by molar-refractivity contribution is 8.13. The van der Waals surface area contributed by atoms with Gasteiger partial charge < -0.3 is 19.1 Å². The van der Waals surface area contributed by atoms with E-state index in [0.717, 1.165) is 71.9 Å². The van der Waals surface area contributed by atoms with Crippen LogP contribution in [0.4, 0.5) is 0 Å². The first-order valence-electron chi connectivity index (χ1n) is 10.6. The molecule has 3 heterocycles. The maximum Gasteiger partial charge on any atom is 0.231 e. The monoisotopic (exact) mass is 435 g/mol. The number of thioether (sulfide) groups is 1. The molecule has 2 aliphatic heterocycles. The summed E-state index contributed by atoms with van der Waals surface area (Å²) in [5, 5.41) is 3.10. The molecule has 0 spiro atoms. The van der Waals surface area contributed by atoms with Crippen LogP contribution in [0.3, 0.4) is 0 Å². The standard InChI is InChI=1S/C24H25N3O3S/c1-2-28-10-6-9-25-24-27(14-17-7-4-3-5-8-17)15-19-11-18-12-21-22(30-16-29-21)13-20(18)26-23(19)31-24/h3-5,7-8,11-13H,2,6,9-10,14-16H2,1H3. The van der Waals surface area contributed by atoms with E-state index in [1.165, 1.54) is 11.1 Å². The third kappa shape index (κ3) is 4.48. The molecular formula is C24H25N3O3S. The van der Waals surface area contributed by atoms with E-state index in [1.807, 2.05) is 25.1 Å². The van der Waals surface area contributed by atoms with E-state index in [-0.39, 0.29) is 6.79 Å². The minimum absolute atomic E-state index is 0.267. The van der Waals surface area contributed by atoms with Crippen molar-refractivity contribution in [2.75, 3.05) is 26.6 Å². The zero-order valence-electron chi connectivity index (χ0n) is 17.5. The summed E-state index contributed by atoms with van der Waals surface area (Å²) in [6.07, 6.45) is 0.915. The Balaban J connectivity index is 1.44. The lowest BCUT2D eigenvalue weighted by molar-refractivity contribution is 0.146. The number of rotatable bonds is 7. The number of ether oxygens (including phenoxy) is 3. The van der Waals surface area contributed by atoms with E-state index in [2.05, 4.69) is 35.2 Å². The van der Waals surface area contributed by atoms with Crippen molar-refractivity contribution in [3.63, 3.8) is 0 Å². The van der Waals surface area contributed by atoms with Gasteiger partial charge in [-0.1, -0.05) is 30.3 Å². The molecule has 2 aromatic carbocycles. The van der Waals surface area contributed by atoms with Crippen LogP contribution in [0.15, 0.2) is 58.5 Å². The van der Waals surface area contributed by atoms with Crippen LogP contribution >= 0.6 is 11.8 Å². The van der Waals surface area contributed by atoms with Gasteiger partial charge in [-0.25, -0.2) is 4.98 Å². The highest BCUT2D eigenvalue weighted by Crippen LogP contribution is 2.39. The Labute approximate surface area is 186 Å². The Bertz CT molecular complexity index is 1100. The molecule has 31 heavy (non-hydrogen) atoms. The first-order valence-corrected chi connectivity index (χ1v) is 11.4. The maximum atomic E-state index is 5.55. The van der Waals surface area contributed by atoms with Gasteiger partial charge in [0.1, 0.15) is 5.03 Å². The molecule has 0 saturated carbocycles. The largest absolute Gasteiger partial charge is 0.454 e. The van der Waals surface area contributed by atoms with Crippen LogP contribution in [-0.4, -0.2) is 41.6 Å². The minimum Gasteiger partial charge on any atom is -0.454 e. The molecule has 0 radical (unpaired) electrons. The number of benzene rings is 2. The Kier molecular flexibility index (Phi) is 5.95. The summed E-state index contributed by atoms with van der Waals surface area (Å²) in [4.78, 5) is 12.2. The fourth-order valence-electron chi connectivity index (χ4n) is 3.76. The average molecular weight is 436 g/mol. The Hall–Kier alpha value is -2.77. The molecule has 5 rings (SSSR count). The van der Waals surface area contributed by atoms with E-state index in [0.29, 0.717) is 0 Å². The Morgan fingerprint density at radius 2 is 1.97 bits per heavy atom. The molecule has 0 fully saturated rings. The number of pyridine rings is 1. The fourth-order valence-corrected chi connectivity index (χ4v) is 4.75. The van der Waals surface area contributed by atoms with Crippen molar-refractivity contribution >= 4 is 27.8 Å². The lowest BCUT2D eigenvalue weighted by Crippen LogP contribution is -2.32. The lowest BCUT2D eigenvalue weighted by Gasteiger charge is -2.31. The van der Waals surface area contributed by atoms with Crippen LogP contribution in [0.2, 0.25) is 0 Å². The molecule has 2 aliphatic rings. The van der Waals surface area contributed by atoms with Gasteiger partial charge in [-0.05, 0) is 42.8 Å². The summed E-state index contributed by atoms with van der Waals surface area (Å²) in [5.74, 6) is 1.55. The molecule has 160 valence electrons. The number of amidine groups is 1. The third-order valence-corrected chi connectivity index (χ3v) is 6.40. The molecule has 3 aromatic rings. The molecule has 1 aromatic heterocycles. The van der Waals surface area contributed by atoms with E-state index in [1.54, 1.807) is 11.8 Å². The number of aromatic nitrogens is 1. The van der Waals surface area contributed by atoms with Crippen LogP contribution in [0.25, 0.3) is 10.9 Å². The van der Waals surface area contributed by atoms with Gasteiger partial charge in [0, 0.05) is 49.9 Å². The van der Waals surface area contributed by atoms with Crippen molar-refractivity contribution in [3.05, 3.63) is 59.7 Å². The summed E-state index contributed by atoms with van der Waals surface area (Å²) >= 11 is 1.65. The number of hydrogen-bond donors (Lipinski definition) is 0. The van der Waals surface area contributed by atoms with Crippen molar-refractivity contribution in [2.24, 2.45) is 4.99 Å². The van der Waals surface area contributed by atoms with Gasteiger partial charge in [-0.2, -0.15) is 0 Å². The van der Waals surface area contributed by atoms with Gasteiger partial charge >= 0.3 is 0 Å². The van der Waals surface area contributed by atoms with E-state index < -0.39 is 0 Å². The zero-order chi connectivity index (χ0) is 21.0. The summed E-state index contributed by atoms with van der Waals surface area (Å²) in [6.45, 7) is 6.11. The third-order valence-electron chi connectivity index (χ3n) is 5.28. The highest BCUT2D eigenvalue weighted by Gasteiger charge is 2.25. The summed E-state index contributed by atoms with van der Waals surface area (Å²) < 4.78 is 16.5. The normalized spacial score (nSPS) is 16.2. The van der Waals surface area contributed by atoms with Gasteiger partial charge in [0.05, 0.1) is 5.52 Å². The van der Waals surface area contributed by atoms with Gasteiger partial charge in [0.2, 0.25) is 6.79 Å². The summed E-state index contributed by atoms with van der Waals surface area (Å²) in [7, 11) is 0. The van der Waals surface area contributed by atoms with Crippen molar-refractivity contribution in [1.82, 2.24) is 9.88 Å². The predicted octanol–water partition coefficient (Wildman–Crippen LogP) is 4.85. The first-order chi connectivity index (χ1) is 15.3. The molecule has 7 heteroatoms. The van der Waals surface area contributed by atoms with Crippen LogP contribution in [0.1, 0.15) is 24.5 Å². The Morgan fingerprint density at radius 1 is 1.13 bits per heavy atom. The molecule has 0 aliphatic carbocycles. The van der Waals surface area contributed by atoms with Gasteiger partial charge in [0.25, 0.3) is 0 Å². The zero-order valence-corrected chi connectivity index (χ0v) is 18.4. The van der Waals surface area contributed by atoms with Gasteiger partial charge in [0.15, 0.2) is 16.7 Å². The molecule has 0 amide bonds. The predicted molar refractivity (Wildman–Crippen MR) is 123 cm³/mol. The van der Waals surface area contributed by atoms with Crippen molar-refractivity contribution in [2.45, 2.75) is 31.5 Å². The van der Waals surface area contributed by atoms with Gasteiger partial charge in [-0.15, -0.1) is 0 Å². The maximum absolute atomic E-state index is 5.55. The van der Waals surface area contributed by atoms with Crippen LogP contribution in [-0.2, 0) is 17.8 Å². The minimum atomic E-state index is 0.267.